The van der Waals surface area contributed by atoms with Crippen molar-refractivity contribution in [3.8, 4) is 0 Å². The normalized spacial score (nSPS) is 14.1. The molecule has 0 saturated heterocycles. The third-order valence-corrected chi connectivity index (χ3v) is 3.57. The van der Waals surface area contributed by atoms with Crippen LogP contribution in [-0.2, 0) is 17.1 Å². The van der Waals surface area contributed by atoms with Crippen LogP contribution in [0, 0.1) is 0 Å². The van der Waals surface area contributed by atoms with Crippen molar-refractivity contribution in [2.45, 2.75) is 24.3 Å². The number of nitrogens with two attached hydrogens (primary N) is 1. The highest BCUT2D eigenvalue weighted by molar-refractivity contribution is 7.89. The molecule has 0 saturated carbocycles. The number of nitrogens with one attached hydrogen (secondary N) is 1. The molecule has 86 valence electrons. The lowest BCUT2D eigenvalue weighted by molar-refractivity contribution is 0.542. The summed E-state index contributed by atoms with van der Waals surface area (Å²) in [6.07, 6.45) is 3.42. The van der Waals surface area contributed by atoms with Crippen molar-refractivity contribution < 1.29 is 8.42 Å². The minimum Gasteiger partial charge on any atom is -0.329 e. The summed E-state index contributed by atoms with van der Waals surface area (Å²) in [6.45, 7) is 2.17. The highest BCUT2D eigenvalue weighted by Crippen LogP contribution is 2.07. The first-order valence-electron chi connectivity index (χ1n) is 4.70. The van der Waals surface area contributed by atoms with Crippen LogP contribution < -0.4 is 10.5 Å². The number of aromatic nitrogens is 2. The van der Waals surface area contributed by atoms with E-state index >= 15 is 0 Å². The van der Waals surface area contributed by atoms with Crippen molar-refractivity contribution in [1.82, 2.24) is 14.5 Å². The maximum atomic E-state index is 11.8. The van der Waals surface area contributed by atoms with Crippen LogP contribution in [0.1, 0.15) is 13.3 Å². The molecule has 1 unspecified atom stereocenters. The maximum absolute atomic E-state index is 11.8. The molecule has 0 aliphatic rings. The molecular formula is C8H16N4O2S. The first-order chi connectivity index (χ1) is 6.99. The molecule has 0 radical (unpaired) electrons. The van der Waals surface area contributed by atoms with Gasteiger partial charge in [-0.05, 0) is 6.42 Å². The van der Waals surface area contributed by atoms with E-state index in [0.29, 0.717) is 6.42 Å². The number of nitrogens with zero attached hydrogens (tertiary/aromatic N) is 2. The first kappa shape index (κ1) is 12.2. The van der Waals surface area contributed by atoms with Crippen molar-refractivity contribution in [1.29, 1.82) is 0 Å². The van der Waals surface area contributed by atoms with Gasteiger partial charge in [0.25, 0.3) is 0 Å². The number of rotatable bonds is 5. The molecule has 3 N–H and O–H groups in total. The lowest BCUT2D eigenvalue weighted by Gasteiger charge is -2.13. The van der Waals surface area contributed by atoms with Crippen molar-refractivity contribution in [2.24, 2.45) is 12.8 Å². The quantitative estimate of drug-likeness (QED) is 0.711. The summed E-state index contributed by atoms with van der Waals surface area (Å²) >= 11 is 0. The molecule has 1 aromatic rings. The van der Waals surface area contributed by atoms with Gasteiger partial charge < -0.3 is 5.73 Å². The predicted molar refractivity (Wildman–Crippen MR) is 56.7 cm³/mol. The highest BCUT2D eigenvalue weighted by Gasteiger charge is 2.19. The van der Waals surface area contributed by atoms with E-state index < -0.39 is 10.0 Å². The van der Waals surface area contributed by atoms with E-state index in [-0.39, 0.29) is 17.5 Å². The van der Waals surface area contributed by atoms with Crippen LogP contribution in [0.3, 0.4) is 0 Å². The van der Waals surface area contributed by atoms with Crippen LogP contribution in [0.2, 0.25) is 0 Å². The lowest BCUT2D eigenvalue weighted by Crippen LogP contribution is -2.39. The largest absolute Gasteiger partial charge is 0.329 e. The number of sulfonamides is 1. The van der Waals surface area contributed by atoms with E-state index in [1.165, 1.54) is 17.1 Å². The molecule has 6 nitrogen and oxygen atoms in total. The zero-order valence-corrected chi connectivity index (χ0v) is 9.66. The molecule has 1 atom stereocenters. The molecule has 1 heterocycles. The summed E-state index contributed by atoms with van der Waals surface area (Å²) in [5.74, 6) is 0. The molecule has 7 heteroatoms. The fraction of sp³-hybridized carbons (Fsp3) is 0.625. The monoisotopic (exact) mass is 232 g/mol. The molecule has 1 rings (SSSR count). The molecular weight excluding hydrogens is 216 g/mol. The molecule has 0 aromatic carbocycles. The molecule has 0 amide bonds. The van der Waals surface area contributed by atoms with Crippen LogP contribution in [0.4, 0.5) is 0 Å². The van der Waals surface area contributed by atoms with Gasteiger partial charge in [-0.2, -0.15) is 5.10 Å². The second-order valence-electron chi connectivity index (χ2n) is 3.31. The van der Waals surface area contributed by atoms with Crippen molar-refractivity contribution in [3.63, 3.8) is 0 Å². The lowest BCUT2D eigenvalue weighted by atomic mass is 10.2. The predicted octanol–water partition coefficient (Wildman–Crippen LogP) is -0.564. The van der Waals surface area contributed by atoms with E-state index in [1.54, 1.807) is 7.05 Å². The standard InChI is InChI=1S/C8H16N4O2S/c1-3-7(4-9)11-15(13,14)8-5-10-12(2)6-8/h5-7,11H,3-4,9H2,1-2H3. The van der Waals surface area contributed by atoms with E-state index in [1.807, 2.05) is 6.92 Å². The Morgan fingerprint density at radius 1 is 1.67 bits per heavy atom. The number of hydrogen-bond donors (Lipinski definition) is 2. The summed E-state index contributed by atoms with van der Waals surface area (Å²) in [5, 5.41) is 3.81. The molecule has 1 aromatic heterocycles. The molecule has 0 fully saturated rings. The van der Waals surface area contributed by atoms with Gasteiger partial charge in [0.15, 0.2) is 0 Å². The summed E-state index contributed by atoms with van der Waals surface area (Å²) in [4.78, 5) is 0.164. The van der Waals surface area contributed by atoms with Gasteiger partial charge in [-0.3, -0.25) is 4.68 Å². The number of aryl methyl sites for hydroxylation is 1. The van der Waals surface area contributed by atoms with E-state index in [4.69, 9.17) is 5.73 Å². The third-order valence-electron chi connectivity index (χ3n) is 2.09. The minimum absolute atomic E-state index is 0.164. The molecule has 0 aliphatic heterocycles. The van der Waals surface area contributed by atoms with Crippen LogP contribution in [-0.4, -0.2) is 30.8 Å². The van der Waals surface area contributed by atoms with Crippen molar-refractivity contribution in [3.05, 3.63) is 12.4 Å². The summed E-state index contributed by atoms with van der Waals surface area (Å²) in [7, 11) is -1.81. The van der Waals surface area contributed by atoms with Gasteiger partial charge in [0.05, 0.1) is 6.20 Å². The Labute approximate surface area is 89.5 Å². The SMILES string of the molecule is CCC(CN)NS(=O)(=O)c1cnn(C)c1. The third kappa shape index (κ3) is 3.01. The second kappa shape index (κ2) is 4.73. The van der Waals surface area contributed by atoms with E-state index in [2.05, 4.69) is 9.82 Å². The summed E-state index contributed by atoms with van der Waals surface area (Å²) < 4.78 is 27.5. The average Bonchev–Trinajstić information content (AvgIpc) is 2.62. The average molecular weight is 232 g/mol. The molecule has 0 bridgehead atoms. The van der Waals surface area contributed by atoms with Gasteiger partial charge in [0.2, 0.25) is 10.0 Å². The van der Waals surface area contributed by atoms with Gasteiger partial charge >= 0.3 is 0 Å². The van der Waals surface area contributed by atoms with E-state index in [9.17, 15) is 8.42 Å². The van der Waals surface area contributed by atoms with E-state index in [0.717, 1.165) is 0 Å². The molecule has 15 heavy (non-hydrogen) atoms. The minimum atomic E-state index is -3.48. The fourth-order valence-corrected chi connectivity index (χ4v) is 2.44. The molecule has 0 spiro atoms. The summed E-state index contributed by atoms with van der Waals surface area (Å²) in [6, 6.07) is -0.227. The van der Waals surface area contributed by atoms with Gasteiger partial charge in [-0.15, -0.1) is 0 Å². The van der Waals surface area contributed by atoms with Crippen molar-refractivity contribution >= 4 is 10.0 Å². The Morgan fingerprint density at radius 3 is 2.73 bits per heavy atom. The van der Waals surface area contributed by atoms with Gasteiger partial charge in [-0.25, -0.2) is 13.1 Å². The maximum Gasteiger partial charge on any atom is 0.243 e. The fourth-order valence-electron chi connectivity index (χ4n) is 1.12. The Kier molecular flexibility index (Phi) is 3.83. The Balaban J connectivity index is 2.84. The van der Waals surface area contributed by atoms with Gasteiger partial charge in [0.1, 0.15) is 4.90 Å². The Morgan fingerprint density at radius 2 is 2.33 bits per heavy atom. The van der Waals surface area contributed by atoms with Crippen LogP contribution in [0.5, 0.6) is 0 Å². The van der Waals surface area contributed by atoms with Crippen LogP contribution in [0.25, 0.3) is 0 Å². The zero-order chi connectivity index (χ0) is 11.5. The Hall–Kier alpha value is -0.920. The van der Waals surface area contributed by atoms with Crippen LogP contribution in [0.15, 0.2) is 17.3 Å². The smallest absolute Gasteiger partial charge is 0.243 e. The molecule has 0 aliphatic carbocycles. The topological polar surface area (TPSA) is 90.0 Å². The Bertz CT molecular complexity index is 408. The second-order valence-corrected chi connectivity index (χ2v) is 5.03. The zero-order valence-electron chi connectivity index (χ0n) is 8.84. The summed E-state index contributed by atoms with van der Waals surface area (Å²) in [5.41, 5.74) is 5.43. The van der Waals surface area contributed by atoms with Crippen LogP contribution >= 0.6 is 0 Å². The number of hydrogen-bond acceptors (Lipinski definition) is 4. The van der Waals surface area contributed by atoms with Gasteiger partial charge in [-0.1, -0.05) is 6.92 Å². The highest BCUT2D eigenvalue weighted by atomic mass is 32.2. The van der Waals surface area contributed by atoms with Gasteiger partial charge in [0, 0.05) is 25.8 Å². The van der Waals surface area contributed by atoms with Crippen molar-refractivity contribution in [2.75, 3.05) is 6.54 Å². The first-order valence-corrected chi connectivity index (χ1v) is 6.19.